The van der Waals surface area contributed by atoms with Gasteiger partial charge in [-0.25, -0.2) is 0 Å². The number of benzene rings is 2. The average molecular weight is 328 g/mol. The SMILES string of the molecule is COc1ccc2cc([C@H](C)C(=O)OCC3CCCCO3)ccc2c1. The molecule has 4 heteroatoms. The van der Waals surface area contributed by atoms with Crippen LogP contribution in [-0.4, -0.2) is 32.4 Å². The molecule has 24 heavy (non-hydrogen) atoms. The van der Waals surface area contributed by atoms with Crippen molar-refractivity contribution in [1.82, 2.24) is 0 Å². The van der Waals surface area contributed by atoms with Crippen molar-refractivity contribution in [2.75, 3.05) is 20.3 Å². The molecule has 2 aromatic carbocycles. The molecule has 1 fully saturated rings. The predicted molar refractivity (Wildman–Crippen MR) is 93.5 cm³/mol. The van der Waals surface area contributed by atoms with E-state index in [1.165, 1.54) is 0 Å². The zero-order chi connectivity index (χ0) is 16.9. The third-order valence-corrected chi connectivity index (χ3v) is 4.61. The molecular weight excluding hydrogens is 304 g/mol. The first-order valence-corrected chi connectivity index (χ1v) is 8.53. The molecule has 3 rings (SSSR count). The Morgan fingerprint density at radius 1 is 1.21 bits per heavy atom. The molecule has 2 aromatic rings. The molecule has 1 saturated heterocycles. The van der Waals surface area contributed by atoms with Gasteiger partial charge in [-0.05, 0) is 54.7 Å². The molecule has 1 aliphatic rings. The Morgan fingerprint density at radius 3 is 2.75 bits per heavy atom. The van der Waals surface area contributed by atoms with Crippen LogP contribution >= 0.6 is 0 Å². The van der Waals surface area contributed by atoms with Crippen molar-refractivity contribution < 1.29 is 19.0 Å². The lowest BCUT2D eigenvalue weighted by Gasteiger charge is -2.23. The minimum absolute atomic E-state index is 0.0546. The Kier molecular flexibility index (Phi) is 5.36. The highest BCUT2D eigenvalue weighted by molar-refractivity contribution is 5.86. The number of rotatable bonds is 5. The number of carbonyl (C=O) groups excluding carboxylic acids is 1. The summed E-state index contributed by atoms with van der Waals surface area (Å²) in [5.74, 6) is 0.340. The molecule has 4 nitrogen and oxygen atoms in total. The number of esters is 1. The summed E-state index contributed by atoms with van der Waals surface area (Å²) in [6.07, 6.45) is 3.27. The van der Waals surface area contributed by atoms with Gasteiger partial charge in [-0.1, -0.05) is 24.3 Å². The second kappa shape index (κ2) is 7.67. The highest BCUT2D eigenvalue weighted by Gasteiger charge is 2.20. The van der Waals surface area contributed by atoms with Gasteiger partial charge in [0.2, 0.25) is 0 Å². The number of carbonyl (C=O) groups is 1. The second-order valence-electron chi connectivity index (χ2n) is 6.31. The monoisotopic (exact) mass is 328 g/mol. The van der Waals surface area contributed by atoms with Crippen LogP contribution in [0.4, 0.5) is 0 Å². The summed E-state index contributed by atoms with van der Waals surface area (Å²) in [5.41, 5.74) is 0.960. The van der Waals surface area contributed by atoms with Crippen molar-refractivity contribution in [3.05, 3.63) is 42.0 Å². The maximum atomic E-state index is 12.3. The fourth-order valence-corrected chi connectivity index (χ4v) is 3.01. The lowest BCUT2D eigenvalue weighted by Crippen LogP contribution is -2.27. The van der Waals surface area contributed by atoms with Gasteiger partial charge in [0.05, 0.1) is 19.1 Å². The van der Waals surface area contributed by atoms with E-state index in [4.69, 9.17) is 14.2 Å². The van der Waals surface area contributed by atoms with Crippen molar-refractivity contribution in [3.8, 4) is 5.75 Å². The van der Waals surface area contributed by atoms with E-state index < -0.39 is 0 Å². The van der Waals surface area contributed by atoms with E-state index in [2.05, 4.69) is 0 Å². The number of hydrogen-bond donors (Lipinski definition) is 0. The molecule has 1 heterocycles. The van der Waals surface area contributed by atoms with Gasteiger partial charge < -0.3 is 14.2 Å². The van der Waals surface area contributed by atoms with E-state index in [0.29, 0.717) is 6.61 Å². The zero-order valence-electron chi connectivity index (χ0n) is 14.3. The zero-order valence-corrected chi connectivity index (χ0v) is 14.3. The molecule has 1 aliphatic heterocycles. The van der Waals surface area contributed by atoms with Crippen LogP contribution in [0.2, 0.25) is 0 Å². The summed E-state index contributed by atoms with van der Waals surface area (Å²) in [5, 5.41) is 2.18. The van der Waals surface area contributed by atoms with Crippen LogP contribution in [0.1, 0.15) is 37.7 Å². The summed E-state index contributed by atoms with van der Waals surface area (Å²) >= 11 is 0. The van der Waals surface area contributed by atoms with E-state index in [1.807, 2.05) is 43.3 Å². The first kappa shape index (κ1) is 16.8. The Balaban J connectivity index is 1.65. The molecule has 0 aliphatic carbocycles. The van der Waals surface area contributed by atoms with Gasteiger partial charge in [-0.3, -0.25) is 4.79 Å². The van der Waals surface area contributed by atoms with Crippen LogP contribution in [-0.2, 0) is 14.3 Å². The van der Waals surface area contributed by atoms with Gasteiger partial charge in [0.1, 0.15) is 12.4 Å². The van der Waals surface area contributed by atoms with Crippen molar-refractivity contribution in [1.29, 1.82) is 0 Å². The van der Waals surface area contributed by atoms with Crippen molar-refractivity contribution in [3.63, 3.8) is 0 Å². The van der Waals surface area contributed by atoms with Gasteiger partial charge in [-0.2, -0.15) is 0 Å². The first-order chi connectivity index (χ1) is 11.7. The smallest absolute Gasteiger partial charge is 0.313 e. The van der Waals surface area contributed by atoms with Crippen molar-refractivity contribution in [2.24, 2.45) is 0 Å². The molecular formula is C20H24O4. The van der Waals surface area contributed by atoms with Gasteiger partial charge in [0.25, 0.3) is 0 Å². The van der Waals surface area contributed by atoms with Gasteiger partial charge in [0.15, 0.2) is 0 Å². The van der Waals surface area contributed by atoms with Crippen LogP contribution in [0.15, 0.2) is 36.4 Å². The summed E-state index contributed by atoms with van der Waals surface area (Å²) in [6.45, 7) is 3.01. The molecule has 2 atom stereocenters. The van der Waals surface area contributed by atoms with Crippen LogP contribution in [0.3, 0.4) is 0 Å². The Labute approximate surface area is 142 Å². The molecule has 128 valence electrons. The number of methoxy groups -OCH3 is 1. The first-order valence-electron chi connectivity index (χ1n) is 8.53. The molecule has 0 aromatic heterocycles. The van der Waals surface area contributed by atoms with Crippen LogP contribution in [0.5, 0.6) is 5.75 Å². The molecule has 0 radical (unpaired) electrons. The Morgan fingerprint density at radius 2 is 2.00 bits per heavy atom. The summed E-state index contributed by atoms with van der Waals surface area (Å²) in [7, 11) is 1.66. The highest BCUT2D eigenvalue weighted by atomic mass is 16.6. The van der Waals surface area contributed by atoms with Gasteiger partial charge in [-0.15, -0.1) is 0 Å². The lowest BCUT2D eigenvalue weighted by atomic mass is 9.98. The van der Waals surface area contributed by atoms with Gasteiger partial charge in [0, 0.05) is 6.61 Å². The molecule has 0 saturated carbocycles. The summed E-state index contributed by atoms with van der Waals surface area (Å²) in [6, 6.07) is 12.0. The van der Waals surface area contributed by atoms with E-state index in [0.717, 1.165) is 48.0 Å². The molecule has 0 spiro atoms. The fraction of sp³-hybridized carbons (Fsp3) is 0.450. The quantitative estimate of drug-likeness (QED) is 0.776. The number of fused-ring (bicyclic) bond motifs is 1. The summed E-state index contributed by atoms with van der Waals surface area (Å²) < 4.78 is 16.3. The number of ether oxygens (including phenoxy) is 3. The molecule has 0 amide bonds. The second-order valence-corrected chi connectivity index (χ2v) is 6.31. The van der Waals surface area contributed by atoms with Gasteiger partial charge >= 0.3 is 5.97 Å². The summed E-state index contributed by atoms with van der Waals surface area (Å²) in [4.78, 5) is 12.3. The van der Waals surface area contributed by atoms with E-state index in [-0.39, 0.29) is 18.0 Å². The molecule has 0 bridgehead atoms. The predicted octanol–water partition coefficient (Wildman–Crippen LogP) is 4.06. The minimum atomic E-state index is -0.292. The highest BCUT2D eigenvalue weighted by Crippen LogP contribution is 2.26. The van der Waals surface area contributed by atoms with Crippen molar-refractivity contribution in [2.45, 2.75) is 38.2 Å². The third-order valence-electron chi connectivity index (χ3n) is 4.61. The van der Waals surface area contributed by atoms with E-state index in [1.54, 1.807) is 7.11 Å². The van der Waals surface area contributed by atoms with Crippen molar-refractivity contribution >= 4 is 16.7 Å². The van der Waals surface area contributed by atoms with Crippen LogP contribution in [0.25, 0.3) is 10.8 Å². The topological polar surface area (TPSA) is 44.8 Å². The fourth-order valence-electron chi connectivity index (χ4n) is 3.01. The van der Waals surface area contributed by atoms with E-state index >= 15 is 0 Å². The standard InChI is InChI=1S/C20H24O4/c1-14(20(21)24-13-19-5-3-4-10-23-19)15-6-7-17-12-18(22-2)9-8-16(17)11-15/h6-9,11-12,14,19H,3-5,10,13H2,1-2H3/t14-,19?/m0/s1. The Bertz CT molecular complexity index is 704. The normalized spacial score (nSPS) is 19.0. The maximum absolute atomic E-state index is 12.3. The number of hydrogen-bond acceptors (Lipinski definition) is 4. The Hall–Kier alpha value is -2.07. The third kappa shape index (κ3) is 3.88. The molecule has 0 N–H and O–H groups in total. The lowest BCUT2D eigenvalue weighted by molar-refractivity contribution is -0.150. The van der Waals surface area contributed by atoms with Crippen LogP contribution in [0, 0.1) is 0 Å². The molecule has 1 unspecified atom stereocenters. The minimum Gasteiger partial charge on any atom is -0.497 e. The maximum Gasteiger partial charge on any atom is 0.313 e. The van der Waals surface area contributed by atoms with E-state index in [9.17, 15) is 4.79 Å². The van der Waals surface area contributed by atoms with Crippen LogP contribution < -0.4 is 4.74 Å². The largest absolute Gasteiger partial charge is 0.497 e. The average Bonchev–Trinajstić information content (AvgIpc) is 2.65.